The summed E-state index contributed by atoms with van der Waals surface area (Å²) < 4.78 is 1.07. The maximum atomic E-state index is 11.3. The zero-order valence-corrected chi connectivity index (χ0v) is 9.43. The molecule has 0 saturated heterocycles. The largest absolute Gasteiger partial charge is 0.343 e. The van der Waals surface area contributed by atoms with Gasteiger partial charge in [0.15, 0.2) is 0 Å². The van der Waals surface area contributed by atoms with Crippen molar-refractivity contribution in [2.75, 3.05) is 17.5 Å². The van der Waals surface area contributed by atoms with Crippen LogP contribution in [0.2, 0.25) is 0 Å². The van der Waals surface area contributed by atoms with Gasteiger partial charge in [0.25, 0.3) is 0 Å². The fourth-order valence-corrected chi connectivity index (χ4v) is 1.33. The van der Waals surface area contributed by atoms with Gasteiger partial charge >= 0.3 is 0 Å². The van der Waals surface area contributed by atoms with E-state index in [1.54, 1.807) is 0 Å². The second kappa shape index (κ2) is 6.88. The molecule has 0 aliphatic heterocycles. The first-order valence-electron chi connectivity index (χ1n) is 4.10. The lowest BCUT2D eigenvalue weighted by Crippen LogP contribution is -2.30. The number of rotatable bonds is 5. The van der Waals surface area contributed by atoms with Crippen LogP contribution < -0.4 is 0 Å². The standard InChI is InChI=1S/C8H16INO/c1-3-10(4-2)8(11)6-5-7-9/h3-7H2,1-2H3. The minimum absolute atomic E-state index is 0.298. The summed E-state index contributed by atoms with van der Waals surface area (Å²) in [6.07, 6.45) is 1.72. The maximum absolute atomic E-state index is 11.3. The second-order valence-electron chi connectivity index (χ2n) is 2.36. The highest BCUT2D eigenvalue weighted by Crippen LogP contribution is 1.99. The molecule has 3 heteroatoms. The number of amides is 1. The van der Waals surface area contributed by atoms with Gasteiger partial charge in [0.2, 0.25) is 5.91 Å². The molecule has 2 nitrogen and oxygen atoms in total. The molecule has 0 heterocycles. The van der Waals surface area contributed by atoms with Gasteiger partial charge in [-0.25, -0.2) is 0 Å². The lowest BCUT2D eigenvalue weighted by Gasteiger charge is -2.17. The first-order chi connectivity index (χ1) is 5.26. The number of nitrogens with zero attached hydrogens (tertiary/aromatic N) is 1. The van der Waals surface area contributed by atoms with Crippen molar-refractivity contribution in [3.05, 3.63) is 0 Å². The van der Waals surface area contributed by atoms with Crippen molar-refractivity contribution in [2.24, 2.45) is 0 Å². The van der Waals surface area contributed by atoms with Crippen LogP contribution in [0.1, 0.15) is 26.7 Å². The van der Waals surface area contributed by atoms with Crippen LogP contribution in [0.4, 0.5) is 0 Å². The van der Waals surface area contributed by atoms with E-state index in [1.165, 1.54) is 0 Å². The summed E-state index contributed by atoms with van der Waals surface area (Å²) in [5, 5.41) is 0. The summed E-state index contributed by atoms with van der Waals surface area (Å²) in [5.41, 5.74) is 0. The predicted molar refractivity (Wildman–Crippen MR) is 56.0 cm³/mol. The van der Waals surface area contributed by atoms with Crippen LogP contribution in [-0.2, 0) is 4.79 Å². The van der Waals surface area contributed by atoms with E-state index in [9.17, 15) is 4.79 Å². The molecule has 0 spiro atoms. The smallest absolute Gasteiger partial charge is 0.222 e. The van der Waals surface area contributed by atoms with Gasteiger partial charge in [-0.2, -0.15) is 0 Å². The van der Waals surface area contributed by atoms with Gasteiger partial charge in [-0.05, 0) is 20.3 Å². The lowest BCUT2D eigenvalue weighted by atomic mass is 10.3. The van der Waals surface area contributed by atoms with E-state index < -0.39 is 0 Å². The summed E-state index contributed by atoms with van der Waals surface area (Å²) >= 11 is 2.30. The second-order valence-corrected chi connectivity index (χ2v) is 3.44. The van der Waals surface area contributed by atoms with Gasteiger partial charge in [0, 0.05) is 23.9 Å². The van der Waals surface area contributed by atoms with E-state index in [1.807, 2.05) is 18.7 Å². The van der Waals surface area contributed by atoms with Gasteiger partial charge in [-0.15, -0.1) is 0 Å². The van der Waals surface area contributed by atoms with E-state index in [0.717, 1.165) is 23.9 Å². The van der Waals surface area contributed by atoms with Crippen LogP contribution in [0.25, 0.3) is 0 Å². The minimum Gasteiger partial charge on any atom is -0.343 e. The van der Waals surface area contributed by atoms with E-state index in [4.69, 9.17) is 0 Å². The van der Waals surface area contributed by atoms with Crippen LogP contribution >= 0.6 is 22.6 Å². The molecule has 66 valence electrons. The topological polar surface area (TPSA) is 20.3 Å². The number of hydrogen-bond acceptors (Lipinski definition) is 1. The molecule has 0 bridgehead atoms. The molecule has 0 aromatic rings. The predicted octanol–water partition coefficient (Wildman–Crippen LogP) is 2.07. The Morgan fingerprint density at radius 3 is 2.27 bits per heavy atom. The van der Waals surface area contributed by atoms with Crippen molar-refractivity contribution in [2.45, 2.75) is 26.7 Å². The highest BCUT2D eigenvalue weighted by Gasteiger charge is 2.07. The molecule has 0 aromatic heterocycles. The first-order valence-corrected chi connectivity index (χ1v) is 5.62. The number of alkyl halides is 1. The highest BCUT2D eigenvalue weighted by atomic mass is 127. The Labute approximate surface area is 82.5 Å². The quantitative estimate of drug-likeness (QED) is 0.552. The Bertz CT molecular complexity index is 113. The van der Waals surface area contributed by atoms with Crippen LogP contribution in [0, 0.1) is 0 Å². The lowest BCUT2D eigenvalue weighted by molar-refractivity contribution is -0.130. The van der Waals surface area contributed by atoms with Crippen molar-refractivity contribution < 1.29 is 4.79 Å². The van der Waals surface area contributed by atoms with Crippen molar-refractivity contribution in [1.82, 2.24) is 4.90 Å². The average molecular weight is 269 g/mol. The SMILES string of the molecule is CCN(CC)C(=O)CCCI. The third-order valence-corrected chi connectivity index (χ3v) is 2.40. The normalized spacial score (nSPS) is 9.73. The Balaban J connectivity index is 3.61. The fourth-order valence-electron chi connectivity index (χ4n) is 0.952. The summed E-state index contributed by atoms with van der Waals surface area (Å²) in [4.78, 5) is 13.2. The van der Waals surface area contributed by atoms with Crippen molar-refractivity contribution in [3.63, 3.8) is 0 Å². The zero-order valence-electron chi connectivity index (χ0n) is 7.27. The average Bonchev–Trinajstić information content (AvgIpc) is 2.03. The third-order valence-electron chi connectivity index (χ3n) is 1.64. The molecule has 0 rings (SSSR count). The van der Waals surface area contributed by atoms with Gasteiger partial charge in [0.1, 0.15) is 0 Å². The molecule has 0 saturated carbocycles. The Morgan fingerprint density at radius 1 is 1.36 bits per heavy atom. The molecule has 0 N–H and O–H groups in total. The van der Waals surface area contributed by atoms with Crippen molar-refractivity contribution in [3.8, 4) is 0 Å². The van der Waals surface area contributed by atoms with Crippen LogP contribution in [0.5, 0.6) is 0 Å². The molecule has 1 amide bonds. The molecule has 0 fully saturated rings. The molecule has 0 aliphatic carbocycles. The van der Waals surface area contributed by atoms with E-state index in [0.29, 0.717) is 12.3 Å². The van der Waals surface area contributed by atoms with Gasteiger partial charge in [0.05, 0.1) is 0 Å². The molecular formula is C8H16INO. The highest BCUT2D eigenvalue weighted by molar-refractivity contribution is 14.1. The van der Waals surface area contributed by atoms with Crippen LogP contribution in [0.3, 0.4) is 0 Å². The minimum atomic E-state index is 0.298. The van der Waals surface area contributed by atoms with Crippen LogP contribution in [-0.4, -0.2) is 28.3 Å². The molecule has 0 radical (unpaired) electrons. The monoisotopic (exact) mass is 269 g/mol. The Kier molecular flexibility index (Phi) is 7.01. The van der Waals surface area contributed by atoms with Crippen LogP contribution in [0.15, 0.2) is 0 Å². The fraction of sp³-hybridized carbons (Fsp3) is 0.875. The third kappa shape index (κ3) is 4.61. The van der Waals surface area contributed by atoms with Gasteiger partial charge in [-0.1, -0.05) is 22.6 Å². The number of carbonyl (C=O) groups excluding carboxylic acids is 1. The molecule has 0 aliphatic rings. The summed E-state index contributed by atoms with van der Waals surface area (Å²) in [6.45, 7) is 5.73. The maximum Gasteiger partial charge on any atom is 0.222 e. The van der Waals surface area contributed by atoms with E-state index >= 15 is 0 Å². The number of halogens is 1. The van der Waals surface area contributed by atoms with Crippen molar-refractivity contribution >= 4 is 28.5 Å². The summed E-state index contributed by atoms with van der Waals surface area (Å²) in [7, 11) is 0. The van der Waals surface area contributed by atoms with E-state index in [2.05, 4.69) is 22.6 Å². The van der Waals surface area contributed by atoms with E-state index in [-0.39, 0.29) is 0 Å². The molecule has 11 heavy (non-hydrogen) atoms. The molecule has 0 atom stereocenters. The Morgan fingerprint density at radius 2 is 1.91 bits per heavy atom. The molecular weight excluding hydrogens is 253 g/mol. The zero-order chi connectivity index (χ0) is 8.69. The Hall–Kier alpha value is 0.200. The number of carbonyl (C=O) groups is 1. The number of hydrogen-bond donors (Lipinski definition) is 0. The summed E-state index contributed by atoms with van der Waals surface area (Å²) in [5.74, 6) is 0.298. The summed E-state index contributed by atoms with van der Waals surface area (Å²) in [6, 6.07) is 0. The molecule has 0 unspecified atom stereocenters. The van der Waals surface area contributed by atoms with Gasteiger partial charge in [-0.3, -0.25) is 4.79 Å². The molecule has 0 aromatic carbocycles. The van der Waals surface area contributed by atoms with Gasteiger partial charge < -0.3 is 4.90 Å². The first kappa shape index (κ1) is 11.2. The van der Waals surface area contributed by atoms with Crippen molar-refractivity contribution in [1.29, 1.82) is 0 Å².